The van der Waals surface area contributed by atoms with Crippen molar-refractivity contribution in [2.24, 2.45) is 0 Å². The van der Waals surface area contributed by atoms with Crippen molar-refractivity contribution >= 4 is 44.2 Å². The molecule has 7 heteroatoms. The van der Waals surface area contributed by atoms with Crippen LogP contribution in [0.5, 0.6) is 0 Å². The molecular formula is C25H30ClN3O2S. The van der Waals surface area contributed by atoms with Gasteiger partial charge in [0.15, 0.2) is 5.13 Å². The molecule has 2 aromatic carbocycles. The number of carbonyl (C=O) groups is 1. The highest BCUT2D eigenvalue weighted by Crippen LogP contribution is 2.34. The number of rotatable bonds is 7. The van der Waals surface area contributed by atoms with Crippen molar-refractivity contribution in [2.45, 2.75) is 33.6 Å². The lowest BCUT2D eigenvalue weighted by Crippen LogP contribution is -2.39. The Bertz CT molecular complexity index is 1110. The molecule has 1 fully saturated rings. The first-order valence-electron chi connectivity index (χ1n) is 11.1. The highest BCUT2D eigenvalue weighted by molar-refractivity contribution is 7.22. The van der Waals surface area contributed by atoms with E-state index in [0.29, 0.717) is 18.0 Å². The molecule has 32 heavy (non-hydrogen) atoms. The summed E-state index contributed by atoms with van der Waals surface area (Å²) in [6.07, 6.45) is 1.27. The molecule has 0 N–H and O–H groups in total. The van der Waals surface area contributed by atoms with E-state index < -0.39 is 0 Å². The molecule has 0 atom stereocenters. The van der Waals surface area contributed by atoms with Crippen LogP contribution in [-0.2, 0) is 16.0 Å². The minimum absolute atomic E-state index is 0.0815. The number of morpholine rings is 1. The number of fused-ring (bicyclic) bond motifs is 1. The fraction of sp³-hybridized carbons (Fsp3) is 0.440. The van der Waals surface area contributed by atoms with Crippen LogP contribution < -0.4 is 4.90 Å². The molecule has 1 saturated heterocycles. The Morgan fingerprint density at radius 3 is 2.69 bits per heavy atom. The quantitative estimate of drug-likeness (QED) is 0.476. The van der Waals surface area contributed by atoms with E-state index in [4.69, 9.17) is 21.3 Å². The Morgan fingerprint density at radius 2 is 1.94 bits per heavy atom. The maximum atomic E-state index is 13.5. The molecule has 0 radical (unpaired) electrons. The van der Waals surface area contributed by atoms with Crippen molar-refractivity contribution in [3.05, 3.63) is 57.6 Å². The summed E-state index contributed by atoms with van der Waals surface area (Å²) in [6.45, 7) is 11.2. The number of hydrogen-bond donors (Lipinski definition) is 0. The van der Waals surface area contributed by atoms with Gasteiger partial charge in [-0.3, -0.25) is 14.6 Å². The Balaban J connectivity index is 1.56. The number of halogens is 1. The summed E-state index contributed by atoms with van der Waals surface area (Å²) < 4.78 is 6.50. The lowest BCUT2D eigenvalue weighted by Gasteiger charge is -2.27. The van der Waals surface area contributed by atoms with Gasteiger partial charge in [0.05, 0.1) is 29.9 Å². The molecule has 1 aliphatic heterocycles. The van der Waals surface area contributed by atoms with Crippen molar-refractivity contribution in [3.8, 4) is 0 Å². The lowest BCUT2D eigenvalue weighted by molar-refractivity contribution is -0.118. The minimum atomic E-state index is 0.0815. The van der Waals surface area contributed by atoms with Crippen LogP contribution in [0.1, 0.15) is 28.7 Å². The zero-order chi connectivity index (χ0) is 22.7. The Morgan fingerprint density at radius 1 is 1.16 bits per heavy atom. The molecule has 1 aromatic heterocycles. The second-order valence-corrected chi connectivity index (χ2v) is 9.88. The van der Waals surface area contributed by atoms with Crippen LogP contribution in [0.25, 0.3) is 10.2 Å². The molecule has 0 aliphatic carbocycles. The number of hydrogen-bond acceptors (Lipinski definition) is 5. The second-order valence-electron chi connectivity index (χ2n) is 8.46. The third kappa shape index (κ3) is 5.31. The van der Waals surface area contributed by atoms with Crippen molar-refractivity contribution in [2.75, 3.05) is 44.3 Å². The predicted molar refractivity (Wildman–Crippen MR) is 133 cm³/mol. The number of anilines is 1. The van der Waals surface area contributed by atoms with Crippen LogP contribution in [0, 0.1) is 20.8 Å². The summed E-state index contributed by atoms with van der Waals surface area (Å²) >= 11 is 7.87. The fourth-order valence-electron chi connectivity index (χ4n) is 3.99. The summed E-state index contributed by atoms with van der Waals surface area (Å²) in [5.41, 5.74) is 5.33. The summed E-state index contributed by atoms with van der Waals surface area (Å²) in [6, 6.07) is 10.1. The smallest absolute Gasteiger partial charge is 0.233 e. The van der Waals surface area contributed by atoms with E-state index in [1.54, 1.807) is 11.3 Å². The summed E-state index contributed by atoms with van der Waals surface area (Å²) in [4.78, 5) is 22.6. The molecule has 0 bridgehead atoms. The molecule has 1 amide bonds. The Labute approximate surface area is 199 Å². The third-order valence-corrected chi connectivity index (χ3v) is 7.61. The minimum Gasteiger partial charge on any atom is -0.379 e. The molecule has 4 rings (SSSR count). The molecular weight excluding hydrogens is 442 g/mol. The van der Waals surface area contributed by atoms with Crippen LogP contribution in [0.2, 0.25) is 5.02 Å². The average molecular weight is 472 g/mol. The standard InChI is InChI=1S/C25H30ClN3O2S/c1-17-5-6-20(15-18(17)2)16-23(30)29(10-4-9-28-11-13-31-14-12-28)25-27-24-19(3)21(26)7-8-22(24)32-25/h5-8,15H,4,9-14,16H2,1-3H3. The number of benzene rings is 2. The predicted octanol–water partition coefficient (Wildman–Crippen LogP) is 5.17. The molecule has 170 valence electrons. The van der Waals surface area contributed by atoms with Crippen LogP contribution >= 0.6 is 22.9 Å². The zero-order valence-electron chi connectivity index (χ0n) is 19.0. The van der Waals surface area contributed by atoms with Gasteiger partial charge in [-0.05, 0) is 61.6 Å². The molecule has 1 aliphatic rings. The normalized spacial score (nSPS) is 14.8. The fourth-order valence-corrected chi connectivity index (χ4v) is 5.21. The summed E-state index contributed by atoms with van der Waals surface area (Å²) in [7, 11) is 0. The van der Waals surface area contributed by atoms with Crippen molar-refractivity contribution in [1.29, 1.82) is 0 Å². The van der Waals surface area contributed by atoms with Gasteiger partial charge in [-0.2, -0.15) is 0 Å². The molecule has 2 heterocycles. The highest BCUT2D eigenvalue weighted by Gasteiger charge is 2.22. The van der Waals surface area contributed by atoms with Gasteiger partial charge in [-0.25, -0.2) is 4.98 Å². The van der Waals surface area contributed by atoms with Crippen LogP contribution in [0.4, 0.5) is 5.13 Å². The van der Waals surface area contributed by atoms with Crippen molar-refractivity contribution in [1.82, 2.24) is 9.88 Å². The van der Waals surface area contributed by atoms with Gasteiger partial charge >= 0.3 is 0 Å². The SMILES string of the molecule is Cc1ccc(CC(=O)N(CCCN2CCOCC2)c2nc3c(C)c(Cl)ccc3s2)cc1C. The molecule has 0 saturated carbocycles. The van der Waals surface area contributed by atoms with Crippen molar-refractivity contribution < 1.29 is 9.53 Å². The number of aromatic nitrogens is 1. The van der Waals surface area contributed by atoms with Gasteiger partial charge in [0.25, 0.3) is 0 Å². The van der Waals surface area contributed by atoms with Crippen molar-refractivity contribution in [3.63, 3.8) is 0 Å². The van der Waals surface area contributed by atoms with Crippen LogP contribution in [0.15, 0.2) is 30.3 Å². The van der Waals surface area contributed by atoms with E-state index in [1.807, 2.05) is 24.0 Å². The first-order chi connectivity index (χ1) is 15.4. The molecule has 3 aromatic rings. The van der Waals surface area contributed by atoms with Gasteiger partial charge < -0.3 is 4.74 Å². The van der Waals surface area contributed by atoms with Crippen LogP contribution in [0.3, 0.4) is 0 Å². The number of nitrogens with zero attached hydrogens (tertiary/aromatic N) is 3. The van der Waals surface area contributed by atoms with Gasteiger partial charge in [0.1, 0.15) is 0 Å². The zero-order valence-corrected chi connectivity index (χ0v) is 20.6. The highest BCUT2D eigenvalue weighted by atomic mass is 35.5. The number of aryl methyl sites for hydroxylation is 3. The Kier molecular flexibility index (Phi) is 7.46. The van der Waals surface area contributed by atoms with E-state index >= 15 is 0 Å². The average Bonchev–Trinajstić information content (AvgIpc) is 3.22. The van der Waals surface area contributed by atoms with E-state index in [-0.39, 0.29) is 5.91 Å². The second kappa shape index (κ2) is 10.3. The van der Waals surface area contributed by atoms with E-state index in [9.17, 15) is 4.79 Å². The third-order valence-electron chi connectivity index (χ3n) is 6.15. The number of amides is 1. The topological polar surface area (TPSA) is 45.7 Å². The van der Waals surface area contributed by atoms with Gasteiger partial charge in [-0.15, -0.1) is 0 Å². The van der Waals surface area contributed by atoms with Gasteiger partial charge in [0, 0.05) is 31.2 Å². The summed E-state index contributed by atoms with van der Waals surface area (Å²) in [5.74, 6) is 0.0815. The maximum absolute atomic E-state index is 13.5. The van der Waals surface area contributed by atoms with E-state index in [1.165, 1.54) is 11.1 Å². The first-order valence-corrected chi connectivity index (χ1v) is 12.3. The number of ether oxygens (including phenoxy) is 1. The van der Waals surface area contributed by atoms with Gasteiger partial charge in [-0.1, -0.05) is 41.1 Å². The molecule has 0 unspecified atom stereocenters. The first kappa shape index (κ1) is 23.2. The molecule has 0 spiro atoms. The number of carbonyl (C=O) groups excluding carboxylic acids is 1. The molecule has 5 nitrogen and oxygen atoms in total. The van der Waals surface area contributed by atoms with E-state index in [0.717, 1.165) is 65.7 Å². The largest absolute Gasteiger partial charge is 0.379 e. The monoisotopic (exact) mass is 471 g/mol. The lowest BCUT2D eigenvalue weighted by atomic mass is 10.0. The summed E-state index contributed by atoms with van der Waals surface area (Å²) in [5, 5.41) is 1.45. The van der Waals surface area contributed by atoms with E-state index in [2.05, 4.69) is 36.9 Å². The number of thiazole rings is 1. The maximum Gasteiger partial charge on any atom is 0.233 e. The Hall–Kier alpha value is -1.99. The van der Waals surface area contributed by atoms with Crippen LogP contribution in [-0.4, -0.2) is 55.2 Å². The van der Waals surface area contributed by atoms with Gasteiger partial charge in [0.2, 0.25) is 5.91 Å².